The number of aromatic nitrogens is 1. The molecule has 0 spiro atoms. The first-order valence-electron chi connectivity index (χ1n) is 8.11. The lowest BCUT2D eigenvalue weighted by atomic mass is 10.1. The van der Waals surface area contributed by atoms with Crippen molar-refractivity contribution in [2.75, 3.05) is 38.1 Å². The van der Waals surface area contributed by atoms with Crippen LogP contribution in [0.15, 0.2) is 35.7 Å². The normalized spacial score (nSPS) is 18.3. The zero-order valence-corrected chi connectivity index (χ0v) is 14.5. The van der Waals surface area contributed by atoms with E-state index in [9.17, 15) is 4.79 Å². The molecule has 6 nitrogen and oxygen atoms in total. The summed E-state index contributed by atoms with van der Waals surface area (Å²) >= 11 is 1.34. The number of rotatable bonds is 5. The molecule has 0 saturated carbocycles. The van der Waals surface area contributed by atoms with Crippen molar-refractivity contribution >= 4 is 23.3 Å². The maximum atomic E-state index is 12.1. The summed E-state index contributed by atoms with van der Waals surface area (Å²) in [4.78, 5) is 14.4. The van der Waals surface area contributed by atoms with Gasteiger partial charge in [0.2, 0.25) is 0 Å². The molecule has 1 aromatic carbocycles. The molecule has 1 saturated heterocycles. The maximum Gasteiger partial charge on any atom is 0.319 e. The molecule has 1 aromatic heterocycles. The number of carbonyl (C=O) groups is 1. The van der Waals surface area contributed by atoms with Crippen molar-refractivity contribution in [1.29, 1.82) is 0 Å². The van der Waals surface area contributed by atoms with Gasteiger partial charge in [0, 0.05) is 37.1 Å². The van der Waals surface area contributed by atoms with E-state index in [1.54, 1.807) is 0 Å². The van der Waals surface area contributed by atoms with E-state index in [1.807, 2.05) is 35.7 Å². The molecule has 0 bridgehead atoms. The molecule has 3 rings (SSSR count). The molecule has 1 fully saturated rings. The number of hydrogen-bond acceptors (Lipinski definition) is 5. The predicted octanol–water partition coefficient (Wildman–Crippen LogP) is 2.65. The second-order valence-corrected chi connectivity index (χ2v) is 6.43. The molecule has 1 unspecified atom stereocenters. The third-order valence-electron chi connectivity index (χ3n) is 3.90. The van der Waals surface area contributed by atoms with E-state index in [0.717, 1.165) is 43.2 Å². The minimum atomic E-state index is -0.200. The molecular formula is C17H22N4O2S. The smallest absolute Gasteiger partial charge is 0.319 e. The Morgan fingerprint density at radius 2 is 2.25 bits per heavy atom. The van der Waals surface area contributed by atoms with Crippen molar-refractivity contribution in [2.45, 2.75) is 13.0 Å². The maximum absolute atomic E-state index is 12.1. The number of ether oxygens (including phenoxy) is 1. The zero-order valence-electron chi connectivity index (χ0n) is 13.7. The summed E-state index contributed by atoms with van der Waals surface area (Å²) in [5.74, 6) is 0. The highest BCUT2D eigenvalue weighted by atomic mass is 32.1. The van der Waals surface area contributed by atoms with Crippen molar-refractivity contribution in [2.24, 2.45) is 0 Å². The van der Waals surface area contributed by atoms with E-state index in [0.29, 0.717) is 6.54 Å². The molecule has 2 heterocycles. The van der Waals surface area contributed by atoms with Crippen LogP contribution in [0.1, 0.15) is 6.92 Å². The topological polar surface area (TPSA) is 66.5 Å². The monoisotopic (exact) mass is 346 g/mol. The number of benzene rings is 1. The Labute approximate surface area is 146 Å². The second kappa shape index (κ2) is 8.23. The van der Waals surface area contributed by atoms with Crippen molar-refractivity contribution < 1.29 is 9.53 Å². The molecule has 2 aromatic rings. The van der Waals surface area contributed by atoms with E-state index < -0.39 is 0 Å². The van der Waals surface area contributed by atoms with Crippen molar-refractivity contribution in [3.05, 3.63) is 35.7 Å². The minimum Gasteiger partial charge on any atom is -0.376 e. The zero-order chi connectivity index (χ0) is 16.8. The summed E-state index contributed by atoms with van der Waals surface area (Å²) < 4.78 is 9.89. The first kappa shape index (κ1) is 16.9. The van der Waals surface area contributed by atoms with E-state index in [4.69, 9.17) is 4.74 Å². The second-order valence-electron chi connectivity index (χ2n) is 5.81. The van der Waals surface area contributed by atoms with Crippen LogP contribution in [0.3, 0.4) is 0 Å². The van der Waals surface area contributed by atoms with Gasteiger partial charge in [0.1, 0.15) is 5.69 Å². The number of anilines is 1. The van der Waals surface area contributed by atoms with Crippen LogP contribution in [0, 0.1) is 0 Å². The first-order chi connectivity index (χ1) is 11.7. The summed E-state index contributed by atoms with van der Waals surface area (Å²) in [6.07, 6.45) is 0.262. The van der Waals surface area contributed by atoms with Gasteiger partial charge in [-0.2, -0.15) is 4.37 Å². The average Bonchev–Trinajstić information content (AvgIpc) is 3.04. The van der Waals surface area contributed by atoms with Crippen LogP contribution >= 0.6 is 11.5 Å². The number of nitrogens with one attached hydrogen (secondary N) is 2. The standard InChI is InChI=1S/C17H22N4O2S/c1-13-11-21(9-10-23-13)8-7-18-17(22)19-15-12-24-20-16(15)14-5-3-2-4-6-14/h2-6,12-13H,7-11H2,1H3,(H2,18,19,22). The lowest BCUT2D eigenvalue weighted by molar-refractivity contribution is -0.0174. The van der Waals surface area contributed by atoms with Gasteiger partial charge < -0.3 is 15.4 Å². The fourth-order valence-electron chi connectivity index (χ4n) is 2.72. The molecule has 1 aliphatic rings. The van der Waals surface area contributed by atoms with Crippen LogP contribution < -0.4 is 10.6 Å². The predicted molar refractivity (Wildman–Crippen MR) is 96.4 cm³/mol. The molecule has 2 amide bonds. The molecule has 0 radical (unpaired) electrons. The third-order valence-corrected chi connectivity index (χ3v) is 4.53. The summed E-state index contributed by atoms with van der Waals surface area (Å²) in [5, 5.41) is 7.65. The molecule has 1 aliphatic heterocycles. The van der Waals surface area contributed by atoms with Crippen LogP contribution in [-0.4, -0.2) is 54.2 Å². The third kappa shape index (κ3) is 4.53. The van der Waals surface area contributed by atoms with Gasteiger partial charge in [-0.05, 0) is 18.5 Å². The van der Waals surface area contributed by atoms with Crippen molar-refractivity contribution in [3.63, 3.8) is 0 Å². The Kier molecular flexibility index (Phi) is 5.79. The van der Waals surface area contributed by atoms with E-state index >= 15 is 0 Å². The molecule has 7 heteroatoms. The highest BCUT2D eigenvalue weighted by Crippen LogP contribution is 2.28. The van der Waals surface area contributed by atoms with Gasteiger partial charge in [0.05, 0.1) is 18.4 Å². The van der Waals surface area contributed by atoms with Gasteiger partial charge >= 0.3 is 6.03 Å². The fourth-order valence-corrected chi connectivity index (χ4v) is 3.36. The van der Waals surface area contributed by atoms with Gasteiger partial charge in [-0.1, -0.05) is 30.3 Å². The molecule has 2 N–H and O–H groups in total. The highest BCUT2D eigenvalue weighted by molar-refractivity contribution is 7.04. The number of hydrogen-bond donors (Lipinski definition) is 2. The van der Waals surface area contributed by atoms with Crippen LogP contribution in [0.25, 0.3) is 11.3 Å². The van der Waals surface area contributed by atoms with Crippen LogP contribution in [0.2, 0.25) is 0 Å². The molecular weight excluding hydrogens is 324 g/mol. The summed E-state index contributed by atoms with van der Waals surface area (Å²) in [6.45, 7) is 6.09. The lowest BCUT2D eigenvalue weighted by Gasteiger charge is -2.30. The van der Waals surface area contributed by atoms with Crippen LogP contribution in [0.5, 0.6) is 0 Å². The summed E-state index contributed by atoms with van der Waals surface area (Å²) in [5.41, 5.74) is 2.54. The van der Waals surface area contributed by atoms with Gasteiger partial charge in [-0.3, -0.25) is 4.90 Å². The van der Waals surface area contributed by atoms with E-state index in [2.05, 4.69) is 26.8 Å². The molecule has 24 heavy (non-hydrogen) atoms. The summed E-state index contributed by atoms with van der Waals surface area (Å²) in [7, 11) is 0. The molecule has 128 valence electrons. The van der Waals surface area contributed by atoms with E-state index in [1.165, 1.54) is 11.5 Å². The number of urea groups is 1. The highest BCUT2D eigenvalue weighted by Gasteiger charge is 2.16. The van der Waals surface area contributed by atoms with Crippen LogP contribution in [0.4, 0.5) is 10.5 Å². The largest absolute Gasteiger partial charge is 0.376 e. The number of nitrogens with zero attached hydrogens (tertiary/aromatic N) is 2. The quantitative estimate of drug-likeness (QED) is 0.873. The van der Waals surface area contributed by atoms with Crippen molar-refractivity contribution in [1.82, 2.24) is 14.6 Å². The van der Waals surface area contributed by atoms with Gasteiger partial charge in [-0.25, -0.2) is 4.79 Å². The minimum absolute atomic E-state index is 0.200. The average molecular weight is 346 g/mol. The Morgan fingerprint density at radius 3 is 3.04 bits per heavy atom. The Bertz CT molecular complexity index is 662. The Hall–Kier alpha value is -1.96. The SMILES string of the molecule is CC1CN(CCNC(=O)Nc2csnc2-c2ccccc2)CCO1. The van der Waals surface area contributed by atoms with Gasteiger partial charge in [-0.15, -0.1) is 0 Å². The first-order valence-corrected chi connectivity index (χ1v) is 8.94. The fraction of sp³-hybridized carbons (Fsp3) is 0.412. The van der Waals surface area contributed by atoms with Crippen LogP contribution in [-0.2, 0) is 4.74 Å². The Morgan fingerprint density at radius 1 is 1.42 bits per heavy atom. The number of amides is 2. The summed E-state index contributed by atoms with van der Waals surface area (Å²) in [6, 6.07) is 9.65. The molecule has 0 aliphatic carbocycles. The number of morpholine rings is 1. The lowest BCUT2D eigenvalue weighted by Crippen LogP contribution is -2.45. The number of carbonyl (C=O) groups excluding carboxylic acids is 1. The molecule has 1 atom stereocenters. The van der Waals surface area contributed by atoms with Crippen molar-refractivity contribution in [3.8, 4) is 11.3 Å². The van der Waals surface area contributed by atoms with Gasteiger partial charge in [0.25, 0.3) is 0 Å². The van der Waals surface area contributed by atoms with E-state index in [-0.39, 0.29) is 12.1 Å². The van der Waals surface area contributed by atoms with Gasteiger partial charge in [0.15, 0.2) is 0 Å². The Balaban J connectivity index is 1.48.